The van der Waals surface area contributed by atoms with Crippen molar-refractivity contribution < 1.29 is 19.3 Å². The van der Waals surface area contributed by atoms with Crippen molar-refractivity contribution in [3.8, 4) is 11.5 Å². The summed E-state index contributed by atoms with van der Waals surface area (Å²) in [5, 5.41) is 19.8. The lowest BCUT2D eigenvalue weighted by molar-refractivity contribution is 0.0167. The summed E-state index contributed by atoms with van der Waals surface area (Å²) in [5.74, 6) is -0.574. The summed E-state index contributed by atoms with van der Waals surface area (Å²) in [5.41, 5.74) is -1.21. The van der Waals surface area contributed by atoms with Crippen LogP contribution in [0.3, 0.4) is 0 Å². The first-order chi connectivity index (χ1) is 9.87. The second-order valence-corrected chi connectivity index (χ2v) is 5.99. The van der Waals surface area contributed by atoms with E-state index in [0.29, 0.717) is 4.47 Å². The van der Waals surface area contributed by atoms with E-state index in [9.17, 15) is 14.6 Å². The minimum absolute atomic E-state index is 0.119. The molecule has 112 valence electrons. The third-order valence-corrected chi connectivity index (χ3v) is 3.96. The average molecular weight is 376 g/mol. The number of phenols is 1. The molecule has 0 radical (unpaired) electrons. The standard InChI is InChI=1S/C15H13BrClFO3/c1-15(8-19,10-6-5-9(17)7-12(10)18)21-13-4-2-3-11(16)14(13)20/h2-7,19-20H,8H2,1H3. The Balaban J connectivity index is 2.44. The Morgan fingerprint density at radius 1 is 1.33 bits per heavy atom. The van der Waals surface area contributed by atoms with Crippen LogP contribution < -0.4 is 4.74 Å². The molecule has 2 aromatic carbocycles. The molecule has 1 atom stereocenters. The van der Waals surface area contributed by atoms with Crippen LogP contribution in [0.4, 0.5) is 4.39 Å². The first-order valence-electron chi connectivity index (χ1n) is 6.10. The topological polar surface area (TPSA) is 49.7 Å². The molecule has 0 bridgehead atoms. The maximum Gasteiger partial charge on any atom is 0.172 e. The highest BCUT2D eigenvalue weighted by Crippen LogP contribution is 2.38. The van der Waals surface area contributed by atoms with Gasteiger partial charge >= 0.3 is 0 Å². The van der Waals surface area contributed by atoms with Gasteiger partial charge in [-0.2, -0.15) is 0 Å². The van der Waals surface area contributed by atoms with Gasteiger partial charge in [-0.25, -0.2) is 4.39 Å². The molecule has 0 fully saturated rings. The van der Waals surface area contributed by atoms with Crippen molar-refractivity contribution in [2.45, 2.75) is 12.5 Å². The fourth-order valence-electron chi connectivity index (χ4n) is 1.91. The highest BCUT2D eigenvalue weighted by Gasteiger charge is 2.32. The van der Waals surface area contributed by atoms with Crippen molar-refractivity contribution in [3.63, 3.8) is 0 Å². The lowest BCUT2D eigenvalue weighted by Gasteiger charge is -2.30. The van der Waals surface area contributed by atoms with Gasteiger partial charge in [0.15, 0.2) is 17.1 Å². The SMILES string of the molecule is CC(CO)(Oc1cccc(Br)c1O)c1ccc(Cl)cc1F. The molecule has 0 spiro atoms. The molecule has 0 aliphatic rings. The van der Waals surface area contributed by atoms with E-state index in [1.54, 1.807) is 12.1 Å². The maximum atomic E-state index is 14.1. The molecular weight excluding hydrogens is 363 g/mol. The van der Waals surface area contributed by atoms with Gasteiger partial charge in [0.2, 0.25) is 0 Å². The third kappa shape index (κ3) is 3.31. The van der Waals surface area contributed by atoms with Gasteiger partial charge in [0.1, 0.15) is 5.82 Å². The minimum Gasteiger partial charge on any atom is -0.503 e. The molecule has 0 saturated carbocycles. The number of phenolic OH excluding ortho intramolecular Hbond substituents is 1. The zero-order valence-corrected chi connectivity index (χ0v) is 13.4. The van der Waals surface area contributed by atoms with Gasteiger partial charge in [-0.1, -0.05) is 23.7 Å². The predicted molar refractivity (Wildman–Crippen MR) is 82.3 cm³/mol. The van der Waals surface area contributed by atoms with Gasteiger partial charge in [-0.05, 0) is 47.1 Å². The molecule has 2 aromatic rings. The number of hydrogen-bond acceptors (Lipinski definition) is 3. The van der Waals surface area contributed by atoms with Crippen LogP contribution in [0, 0.1) is 5.82 Å². The van der Waals surface area contributed by atoms with Gasteiger partial charge in [-0.15, -0.1) is 0 Å². The Morgan fingerprint density at radius 3 is 2.67 bits per heavy atom. The Bertz CT molecular complexity index is 665. The molecule has 3 nitrogen and oxygen atoms in total. The van der Waals surface area contributed by atoms with Gasteiger partial charge in [0.25, 0.3) is 0 Å². The number of aliphatic hydroxyl groups excluding tert-OH is 1. The van der Waals surface area contributed by atoms with Crippen molar-refractivity contribution >= 4 is 27.5 Å². The summed E-state index contributed by atoms with van der Waals surface area (Å²) in [6, 6.07) is 8.94. The lowest BCUT2D eigenvalue weighted by Crippen LogP contribution is -2.34. The largest absolute Gasteiger partial charge is 0.503 e. The number of rotatable bonds is 4. The molecule has 0 saturated heterocycles. The van der Waals surface area contributed by atoms with E-state index in [-0.39, 0.29) is 22.1 Å². The molecular formula is C15H13BrClFO3. The normalized spacial score (nSPS) is 13.8. The number of ether oxygens (including phenoxy) is 1. The first-order valence-corrected chi connectivity index (χ1v) is 7.27. The van der Waals surface area contributed by atoms with Crippen molar-refractivity contribution in [1.29, 1.82) is 0 Å². The fraction of sp³-hybridized carbons (Fsp3) is 0.200. The second kappa shape index (κ2) is 6.22. The summed E-state index contributed by atoms with van der Waals surface area (Å²) in [6.45, 7) is 1.05. The van der Waals surface area contributed by atoms with Crippen molar-refractivity contribution in [1.82, 2.24) is 0 Å². The molecule has 0 aliphatic heterocycles. The van der Waals surface area contributed by atoms with Crippen LogP contribution in [-0.4, -0.2) is 16.8 Å². The van der Waals surface area contributed by atoms with E-state index in [0.717, 1.165) is 6.07 Å². The average Bonchev–Trinajstić information content (AvgIpc) is 2.43. The molecule has 6 heteroatoms. The monoisotopic (exact) mass is 374 g/mol. The Morgan fingerprint density at radius 2 is 2.05 bits per heavy atom. The number of aliphatic hydroxyl groups is 1. The zero-order valence-electron chi connectivity index (χ0n) is 11.1. The number of hydrogen-bond donors (Lipinski definition) is 2. The summed E-state index contributed by atoms with van der Waals surface area (Å²) in [7, 11) is 0. The first kappa shape index (κ1) is 16.1. The maximum absolute atomic E-state index is 14.1. The van der Waals surface area contributed by atoms with Gasteiger partial charge in [0.05, 0.1) is 11.1 Å². The van der Waals surface area contributed by atoms with E-state index < -0.39 is 18.0 Å². The number of benzene rings is 2. The Kier molecular flexibility index (Phi) is 4.76. The molecule has 2 N–H and O–H groups in total. The summed E-state index contributed by atoms with van der Waals surface area (Å²) in [6.07, 6.45) is 0. The number of para-hydroxylation sites is 1. The van der Waals surface area contributed by atoms with Crippen LogP contribution in [0.25, 0.3) is 0 Å². The van der Waals surface area contributed by atoms with Crippen LogP contribution >= 0.6 is 27.5 Å². The quantitative estimate of drug-likeness (QED) is 0.840. The smallest absolute Gasteiger partial charge is 0.172 e. The number of aromatic hydroxyl groups is 1. The summed E-state index contributed by atoms with van der Waals surface area (Å²) < 4.78 is 20.2. The van der Waals surface area contributed by atoms with Gasteiger partial charge < -0.3 is 14.9 Å². The zero-order chi connectivity index (χ0) is 15.6. The summed E-state index contributed by atoms with van der Waals surface area (Å²) >= 11 is 8.90. The van der Waals surface area contributed by atoms with Gasteiger partial charge in [-0.3, -0.25) is 0 Å². The minimum atomic E-state index is -1.35. The van der Waals surface area contributed by atoms with Gasteiger partial charge in [0, 0.05) is 10.6 Å². The van der Waals surface area contributed by atoms with E-state index in [1.807, 2.05) is 0 Å². The molecule has 1 unspecified atom stereocenters. The van der Waals surface area contributed by atoms with E-state index in [4.69, 9.17) is 16.3 Å². The highest BCUT2D eigenvalue weighted by molar-refractivity contribution is 9.10. The lowest BCUT2D eigenvalue weighted by atomic mass is 9.96. The Labute approximate surface area is 135 Å². The van der Waals surface area contributed by atoms with Crippen LogP contribution in [0.15, 0.2) is 40.9 Å². The van der Waals surface area contributed by atoms with E-state index in [2.05, 4.69) is 15.9 Å². The molecule has 0 aromatic heterocycles. The van der Waals surface area contributed by atoms with Crippen molar-refractivity contribution in [2.24, 2.45) is 0 Å². The predicted octanol–water partition coefficient (Wildman–Crippen LogP) is 4.23. The second-order valence-electron chi connectivity index (χ2n) is 4.70. The van der Waals surface area contributed by atoms with Crippen molar-refractivity contribution in [3.05, 3.63) is 57.3 Å². The van der Waals surface area contributed by atoms with Crippen molar-refractivity contribution in [2.75, 3.05) is 6.61 Å². The van der Waals surface area contributed by atoms with Crippen LogP contribution in [0.5, 0.6) is 11.5 Å². The van der Waals surface area contributed by atoms with Crippen LogP contribution in [0.1, 0.15) is 12.5 Å². The Hall–Kier alpha value is -1.30. The fourth-order valence-corrected chi connectivity index (χ4v) is 2.42. The summed E-state index contributed by atoms with van der Waals surface area (Å²) in [4.78, 5) is 0. The molecule has 2 rings (SSSR count). The molecule has 0 heterocycles. The van der Waals surface area contributed by atoms with Crippen LogP contribution in [-0.2, 0) is 5.60 Å². The van der Waals surface area contributed by atoms with E-state index in [1.165, 1.54) is 25.1 Å². The number of halogens is 3. The molecule has 0 aliphatic carbocycles. The third-order valence-electron chi connectivity index (χ3n) is 3.09. The molecule has 0 amide bonds. The van der Waals surface area contributed by atoms with E-state index >= 15 is 0 Å². The molecule has 21 heavy (non-hydrogen) atoms. The van der Waals surface area contributed by atoms with Crippen LogP contribution in [0.2, 0.25) is 5.02 Å². The highest BCUT2D eigenvalue weighted by atomic mass is 79.9.